The molecule has 0 unspecified atom stereocenters. The Labute approximate surface area is 132 Å². The van der Waals surface area contributed by atoms with E-state index in [9.17, 15) is 9.18 Å². The normalized spacial score (nSPS) is 10.8. The van der Waals surface area contributed by atoms with Crippen molar-refractivity contribution in [3.05, 3.63) is 57.6 Å². The second-order valence-electron chi connectivity index (χ2n) is 4.84. The Morgan fingerprint density at radius 1 is 1.24 bits per heavy atom. The van der Waals surface area contributed by atoms with Crippen LogP contribution >= 0.6 is 23.2 Å². The topological polar surface area (TPSA) is 42.0 Å². The molecule has 0 saturated carbocycles. The van der Waals surface area contributed by atoms with Crippen molar-refractivity contribution in [1.82, 2.24) is 4.98 Å². The highest BCUT2D eigenvalue weighted by molar-refractivity contribution is 6.30. The zero-order valence-electron chi connectivity index (χ0n) is 11.5. The summed E-state index contributed by atoms with van der Waals surface area (Å²) in [6.07, 6.45) is 0. The van der Waals surface area contributed by atoms with Gasteiger partial charge in [0, 0.05) is 16.3 Å². The number of nitrogens with zero attached hydrogens (tertiary/aromatic N) is 1. The van der Waals surface area contributed by atoms with Crippen molar-refractivity contribution < 1.29 is 9.18 Å². The molecule has 0 radical (unpaired) electrons. The number of benzene rings is 1. The Kier molecular flexibility index (Phi) is 4.80. The largest absolute Gasteiger partial charge is 0.319 e. The molecule has 1 aromatic carbocycles. The molecule has 0 aliphatic heterocycles. The number of aromatic nitrogens is 1. The molecule has 2 rings (SSSR count). The molecule has 1 heterocycles. The number of nitrogens with one attached hydrogen (secondary N) is 1. The van der Waals surface area contributed by atoms with Crippen molar-refractivity contribution in [2.45, 2.75) is 19.8 Å². The predicted octanol–water partition coefficient (Wildman–Crippen LogP) is 4.90. The number of pyridine rings is 1. The minimum atomic E-state index is -0.597. The van der Waals surface area contributed by atoms with Gasteiger partial charge in [0.05, 0.1) is 5.69 Å². The van der Waals surface area contributed by atoms with Crippen molar-refractivity contribution in [3.8, 4) is 0 Å². The number of hydrogen-bond donors (Lipinski definition) is 1. The van der Waals surface area contributed by atoms with E-state index in [4.69, 9.17) is 23.2 Å². The summed E-state index contributed by atoms with van der Waals surface area (Å²) in [7, 11) is 0. The molecule has 110 valence electrons. The summed E-state index contributed by atoms with van der Waals surface area (Å²) < 4.78 is 13.7. The molecule has 2 aromatic rings. The van der Waals surface area contributed by atoms with Gasteiger partial charge in [-0.3, -0.25) is 4.79 Å². The molecule has 1 aromatic heterocycles. The van der Waals surface area contributed by atoms with E-state index in [-0.39, 0.29) is 21.8 Å². The fourth-order valence-corrected chi connectivity index (χ4v) is 2.10. The number of anilines is 1. The lowest BCUT2D eigenvalue weighted by Crippen LogP contribution is -2.14. The van der Waals surface area contributed by atoms with Crippen LogP contribution < -0.4 is 5.32 Å². The van der Waals surface area contributed by atoms with E-state index in [0.717, 1.165) is 6.07 Å². The van der Waals surface area contributed by atoms with Crippen LogP contribution in [0.3, 0.4) is 0 Å². The van der Waals surface area contributed by atoms with Gasteiger partial charge < -0.3 is 5.32 Å². The Balaban J connectivity index is 2.28. The van der Waals surface area contributed by atoms with Crippen LogP contribution in [0.5, 0.6) is 0 Å². The van der Waals surface area contributed by atoms with Crippen LogP contribution in [-0.4, -0.2) is 10.9 Å². The summed E-state index contributed by atoms with van der Waals surface area (Å²) in [5.74, 6) is -0.926. The predicted molar refractivity (Wildman–Crippen MR) is 82.7 cm³/mol. The number of halogens is 3. The molecule has 1 amide bonds. The van der Waals surface area contributed by atoms with Crippen molar-refractivity contribution >= 4 is 34.8 Å². The third-order valence-electron chi connectivity index (χ3n) is 2.85. The summed E-state index contributed by atoms with van der Waals surface area (Å²) >= 11 is 11.6. The second-order valence-corrected chi connectivity index (χ2v) is 5.66. The van der Waals surface area contributed by atoms with Gasteiger partial charge in [0.25, 0.3) is 5.91 Å². The maximum absolute atomic E-state index is 13.7. The fraction of sp³-hybridized carbons (Fsp3) is 0.200. The fourth-order valence-electron chi connectivity index (χ4n) is 1.73. The maximum Gasteiger partial charge on any atom is 0.255 e. The van der Waals surface area contributed by atoms with Crippen LogP contribution in [0.4, 0.5) is 10.1 Å². The van der Waals surface area contributed by atoms with Gasteiger partial charge in [-0.25, -0.2) is 9.37 Å². The minimum Gasteiger partial charge on any atom is -0.319 e. The molecule has 1 N–H and O–H groups in total. The average molecular weight is 327 g/mol. The van der Waals surface area contributed by atoms with E-state index in [0.29, 0.717) is 11.3 Å². The average Bonchev–Trinajstić information content (AvgIpc) is 2.41. The molecular weight excluding hydrogens is 314 g/mol. The Morgan fingerprint density at radius 2 is 1.95 bits per heavy atom. The Morgan fingerprint density at radius 3 is 2.57 bits per heavy atom. The second kappa shape index (κ2) is 6.41. The highest BCUT2D eigenvalue weighted by Gasteiger charge is 2.13. The van der Waals surface area contributed by atoms with Gasteiger partial charge in [-0.1, -0.05) is 37.0 Å². The highest BCUT2D eigenvalue weighted by Crippen LogP contribution is 2.21. The minimum absolute atomic E-state index is 0.0587. The van der Waals surface area contributed by atoms with Gasteiger partial charge in [-0.05, 0) is 36.2 Å². The van der Waals surface area contributed by atoms with Crippen molar-refractivity contribution in [3.63, 3.8) is 0 Å². The van der Waals surface area contributed by atoms with E-state index < -0.39 is 11.7 Å². The number of amides is 1. The Hall–Kier alpha value is -1.65. The van der Waals surface area contributed by atoms with E-state index in [1.165, 1.54) is 18.2 Å². The van der Waals surface area contributed by atoms with Crippen molar-refractivity contribution in [2.24, 2.45) is 0 Å². The Bertz CT molecular complexity index is 689. The highest BCUT2D eigenvalue weighted by atomic mass is 35.5. The first-order chi connectivity index (χ1) is 9.86. The van der Waals surface area contributed by atoms with Crippen molar-refractivity contribution in [1.29, 1.82) is 0 Å². The van der Waals surface area contributed by atoms with Crippen molar-refractivity contribution in [2.75, 3.05) is 5.32 Å². The van der Waals surface area contributed by atoms with E-state index >= 15 is 0 Å². The zero-order valence-corrected chi connectivity index (χ0v) is 13.0. The van der Waals surface area contributed by atoms with E-state index in [2.05, 4.69) is 10.3 Å². The quantitative estimate of drug-likeness (QED) is 0.815. The molecule has 21 heavy (non-hydrogen) atoms. The molecule has 0 aliphatic carbocycles. The summed E-state index contributed by atoms with van der Waals surface area (Å²) in [5, 5.41) is 2.98. The molecule has 0 fully saturated rings. The summed E-state index contributed by atoms with van der Waals surface area (Å²) in [6.45, 7) is 3.89. The molecule has 0 aliphatic rings. The maximum atomic E-state index is 13.7. The smallest absolute Gasteiger partial charge is 0.255 e. The van der Waals surface area contributed by atoms with Gasteiger partial charge in [-0.2, -0.15) is 0 Å². The first-order valence-corrected chi connectivity index (χ1v) is 7.06. The molecule has 3 nitrogen and oxygen atoms in total. The number of carbonyl (C=O) groups is 1. The lowest BCUT2D eigenvalue weighted by molar-refractivity contribution is 0.102. The number of rotatable bonds is 3. The monoisotopic (exact) mass is 326 g/mol. The lowest BCUT2D eigenvalue weighted by Gasteiger charge is -2.10. The molecule has 0 spiro atoms. The van der Waals surface area contributed by atoms with E-state index in [1.807, 2.05) is 13.8 Å². The van der Waals surface area contributed by atoms with Gasteiger partial charge in [0.15, 0.2) is 0 Å². The van der Waals surface area contributed by atoms with Crippen LogP contribution in [0.25, 0.3) is 0 Å². The molecule has 0 bridgehead atoms. The standard InChI is InChI=1S/C15H13Cl2FN2O/c1-8(2)13-5-9(6-14(17)19-13)15(21)20-12-4-3-10(16)7-11(12)18/h3-8H,1-2H3,(H,20,21). The summed E-state index contributed by atoms with van der Waals surface area (Å²) in [5.41, 5.74) is 1.08. The lowest BCUT2D eigenvalue weighted by atomic mass is 10.1. The molecule has 6 heteroatoms. The third-order valence-corrected chi connectivity index (χ3v) is 3.28. The van der Waals surface area contributed by atoms with Crippen LogP contribution in [0.15, 0.2) is 30.3 Å². The first-order valence-electron chi connectivity index (χ1n) is 6.30. The van der Waals surface area contributed by atoms with Crippen LogP contribution in [0.1, 0.15) is 35.8 Å². The SMILES string of the molecule is CC(C)c1cc(C(=O)Nc2ccc(Cl)cc2F)cc(Cl)n1. The van der Waals surface area contributed by atoms with E-state index in [1.54, 1.807) is 6.07 Å². The first kappa shape index (κ1) is 15.7. The van der Waals surface area contributed by atoms with Crippen LogP contribution in [0.2, 0.25) is 10.2 Å². The van der Waals surface area contributed by atoms with Crippen LogP contribution in [-0.2, 0) is 0 Å². The third kappa shape index (κ3) is 3.93. The number of carbonyl (C=O) groups excluding carboxylic acids is 1. The summed E-state index contributed by atoms with van der Waals surface area (Å²) in [6, 6.07) is 7.12. The van der Waals surface area contributed by atoms with Crippen LogP contribution in [0, 0.1) is 5.82 Å². The number of hydrogen-bond acceptors (Lipinski definition) is 2. The summed E-state index contributed by atoms with van der Waals surface area (Å²) in [4.78, 5) is 16.3. The van der Waals surface area contributed by atoms with Gasteiger partial charge in [-0.15, -0.1) is 0 Å². The zero-order chi connectivity index (χ0) is 15.6. The molecular formula is C15H13Cl2FN2O. The van der Waals surface area contributed by atoms with Gasteiger partial charge in [0.1, 0.15) is 11.0 Å². The van der Waals surface area contributed by atoms with Gasteiger partial charge in [0.2, 0.25) is 0 Å². The molecule has 0 saturated heterocycles. The molecule has 0 atom stereocenters. The van der Waals surface area contributed by atoms with Gasteiger partial charge >= 0.3 is 0 Å².